The largest absolute Gasteiger partial charge is 0.298 e. The van der Waals surface area contributed by atoms with Gasteiger partial charge < -0.3 is 0 Å². The first-order chi connectivity index (χ1) is 16.9. The number of nitrogens with one attached hydrogen (secondary N) is 1. The smallest absolute Gasteiger partial charge is 0.241 e. The molecule has 7 nitrogen and oxygen atoms in total. The number of aromatic nitrogens is 2. The van der Waals surface area contributed by atoms with Crippen molar-refractivity contribution >= 4 is 26.0 Å². The van der Waals surface area contributed by atoms with E-state index in [1.165, 1.54) is 12.1 Å². The number of nitrogens with zero attached hydrogens (tertiary/aromatic N) is 4. The zero-order chi connectivity index (χ0) is 24.6. The third-order valence-corrected chi connectivity index (χ3v) is 9.25. The number of piperidine rings is 3. The van der Waals surface area contributed by atoms with Crippen LogP contribution in [0.4, 0.5) is 0 Å². The van der Waals surface area contributed by atoms with Crippen LogP contribution >= 0.6 is 15.9 Å². The molecule has 0 spiro atoms. The Balaban J connectivity index is 1.32. The van der Waals surface area contributed by atoms with Gasteiger partial charge in [0.25, 0.3) is 0 Å². The lowest BCUT2D eigenvalue weighted by atomic mass is 9.74. The minimum atomic E-state index is -3.76. The highest BCUT2D eigenvalue weighted by molar-refractivity contribution is 9.10. The lowest BCUT2D eigenvalue weighted by Crippen LogP contribution is -2.56. The minimum absolute atomic E-state index is 0.0346. The maximum Gasteiger partial charge on any atom is 0.241 e. The van der Waals surface area contributed by atoms with Gasteiger partial charge in [-0.1, -0.05) is 46.3 Å². The second-order valence-corrected chi connectivity index (χ2v) is 11.8. The predicted molar refractivity (Wildman–Crippen MR) is 137 cm³/mol. The van der Waals surface area contributed by atoms with E-state index in [0.717, 1.165) is 53.2 Å². The average Bonchev–Trinajstić information content (AvgIpc) is 2.87. The van der Waals surface area contributed by atoms with Gasteiger partial charge in [-0.15, -0.1) is 0 Å². The van der Waals surface area contributed by atoms with Gasteiger partial charge in [0, 0.05) is 40.8 Å². The standard InChI is InChI=1S/C26H26BrN5O2S/c1-17-30-24(21-7-3-4-8-23(21)27)13-25(31-17)22-16-32-11-10-18(22)12-20(32)15-29-35(33,34)26-9-5-2-6-19(26)14-28/h2-9,13,18,20,22,29H,10-12,15-16H2,1H3. The SMILES string of the molecule is Cc1nc(-c2ccccc2Br)cc(C2CN3CCC2CC3CNS(=O)(=O)c2ccccc2C#N)n1. The number of benzene rings is 2. The monoisotopic (exact) mass is 551 g/mol. The van der Waals surface area contributed by atoms with Gasteiger partial charge in [-0.3, -0.25) is 4.90 Å². The molecule has 3 aliphatic heterocycles. The van der Waals surface area contributed by atoms with Crippen LogP contribution in [0.5, 0.6) is 0 Å². The average molecular weight is 552 g/mol. The summed E-state index contributed by atoms with van der Waals surface area (Å²) in [6, 6.07) is 18.6. The normalized spacial score (nSPS) is 23.7. The Morgan fingerprint density at radius 2 is 1.94 bits per heavy atom. The molecule has 4 unspecified atom stereocenters. The van der Waals surface area contributed by atoms with Crippen LogP contribution in [-0.4, -0.2) is 49.0 Å². The van der Waals surface area contributed by atoms with Gasteiger partial charge in [0.05, 0.1) is 16.2 Å². The number of rotatable bonds is 6. The van der Waals surface area contributed by atoms with Crippen molar-refractivity contribution in [2.75, 3.05) is 19.6 Å². The van der Waals surface area contributed by atoms with Crippen molar-refractivity contribution in [1.82, 2.24) is 19.6 Å². The van der Waals surface area contributed by atoms with Gasteiger partial charge in [0.2, 0.25) is 10.0 Å². The maximum absolute atomic E-state index is 12.9. The molecule has 0 saturated carbocycles. The van der Waals surface area contributed by atoms with E-state index >= 15 is 0 Å². The van der Waals surface area contributed by atoms with Gasteiger partial charge in [0.1, 0.15) is 11.9 Å². The summed E-state index contributed by atoms with van der Waals surface area (Å²) in [4.78, 5) is 11.9. The van der Waals surface area contributed by atoms with Crippen molar-refractivity contribution in [3.63, 3.8) is 0 Å². The van der Waals surface area contributed by atoms with E-state index in [0.29, 0.717) is 18.4 Å². The molecule has 2 aromatic carbocycles. The van der Waals surface area contributed by atoms with E-state index in [-0.39, 0.29) is 16.5 Å². The summed E-state index contributed by atoms with van der Waals surface area (Å²) < 4.78 is 29.5. The van der Waals surface area contributed by atoms with Crippen molar-refractivity contribution in [3.8, 4) is 17.3 Å². The number of nitriles is 1. The molecular formula is C26H26BrN5O2S. The number of halogens is 1. The Morgan fingerprint density at radius 1 is 1.17 bits per heavy atom. The number of aryl methyl sites for hydroxylation is 1. The topological polar surface area (TPSA) is 99.0 Å². The van der Waals surface area contributed by atoms with Crippen molar-refractivity contribution in [2.45, 2.75) is 36.6 Å². The van der Waals surface area contributed by atoms with E-state index in [1.807, 2.05) is 31.2 Å². The number of fused-ring (bicyclic) bond motifs is 3. The van der Waals surface area contributed by atoms with Crippen LogP contribution in [-0.2, 0) is 10.0 Å². The molecule has 9 heteroatoms. The lowest BCUT2D eigenvalue weighted by molar-refractivity contribution is 0.0317. The van der Waals surface area contributed by atoms with Gasteiger partial charge in [-0.25, -0.2) is 23.1 Å². The van der Waals surface area contributed by atoms with Crippen LogP contribution in [0.15, 0.2) is 64.0 Å². The fraction of sp³-hybridized carbons (Fsp3) is 0.346. The van der Waals surface area contributed by atoms with Crippen molar-refractivity contribution in [1.29, 1.82) is 5.26 Å². The summed E-state index contributed by atoms with van der Waals surface area (Å²) in [5.41, 5.74) is 3.17. The fourth-order valence-corrected chi connectivity index (χ4v) is 7.07. The molecule has 1 aromatic heterocycles. The van der Waals surface area contributed by atoms with Crippen molar-refractivity contribution in [3.05, 3.63) is 76.2 Å². The molecule has 0 aliphatic carbocycles. The summed E-state index contributed by atoms with van der Waals surface area (Å²) in [6.45, 7) is 4.05. The first-order valence-electron chi connectivity index (χ1n) is 11.7. The highest BCUT2D eigenvalue weighted by atomic mass is 79.9. The van der Waals surface area contributed by atoms with Crippen LogP contribution in [0.2, 0.25) is 0 Å². The van der Waals surface area contributed by atoms with E-state index in [2.05, 4.69) is 42.7 Å². The molecule has 2 bridgehead atoms. The van der Waals surface area contributed by atoms with Crippen LogP contribution in [0.1, 0.15) is 35.8 Å². The molecule has 6 rings (SSSR count). The van der Waals surface area contributed by atoms with Gasteiger partial charge >= 0.3 is 0 Å². The zero-order valence-corrected chi connectivity index (χ0v) is 21.8. The van der Waals surface area contributed by atoms with Crippen LogP contribution in [0.3, 0.4) is 0 Å². The summed E-state index contributed by atoms with van der Waals surface area (Å²) >= 11 is 3.64. The minimum Gasteiger partial charge on any atom is -0.298 e. The fourth-order valence-electron chi connectivity index (χ4n) is 5.35. The first-order valence-corrected chi connectivity index (χ1v) is 14.0. The van der Waals surface area contributed by atoms with E-state index in [4.69, 9.17) is 4.98 Å². The Kier molecular flexibility index (Phi) is 6.73. The summed E-state index contributed by atoms with van der Waals surface area (Å²) in [5.74, 6) is 1.48. The molecule has 3 aromatic rings. The van der Waals surface area contributed by atoms with E-state index in [9.17, 15) is 13.7 Å². The van der Waals surface area contributed by atoms with Crippen molar-refractivity contribution in [2.24, 2.45) is 5.92 Å². The molecule has 4 atom stereocenters. The zero-order valence-electron chi connectivity index (χ0n) is 19.4. The third-order valence-electron chi connectivity index (χ3n) is 7.07. The molecule has 180 valence electrons. The summed E-state index contributed by atoms with van der Waals surface area (Å²) in [6.07, 6.45) is 1.97. The van der Waals surface area contributed by atoms with Crippen LogP contribution in [0.25, 0.3) is 11.3 Å². The molecule has 0 amide bonds. The summed E-state index contributed by atoms with van der Waals surface area (Å²) in [7, 11) is -3.76. The molecule has 4 heterocycles. The number of sulfonamides is 1. The molecular weight excluding hydrogens is 526 g/mol. The molecule has 1 N–H and O–H groups in total. The first kappa shape index (κ1) is 24.1. The van der Waals surface area contributed by atoms with E-state index in [1.54, 1.807) is 12.1 Å². The number of hydrogen-bond donors (Lipinski definition) is 1. The Bertz CT molecular complexity index is 1400. The quantitative estimate of drug-likeness (QED) is 0.491. The molecule has 3 saturated heterocycles. The van der Waals surface area contributed by atoms with Gasteiger partial charge in [0.15, 0.2) is 0 Å². The maximum atomic E-state index is 12.9. The Morgan fingerprint density at radius 3 is 2.69 bits per heavy atom. The molecule has 3 aliphatic rings. The van der Waals surface area contributed by atoms with Crippen molar-refractivity contribution < 1.29 is 8.42 Å². The highest BCUT2D eigenvalue weighted by Gasteiger charge is 2.41. The number of hydrogen-bond acceptors (Lipinski definition) is 6. The predicted octanol–water partition coefficient (Wildman–Crippen LogP) is 4.24. The molecule has 35 heavy (non-hydrogen) atoms. The third kappa shape index (κ3) is 4.89. The Hall–Kier alpha value is -2.64. The lowest BCUT2D eigenvalue weighted by Gasteiger charge is -2.49. The second kappa shape index (κ2) is 9.78. The Labute approximate surface area is 214 Å². The van der Waals surface area contributed by atoms with E-state index < -0.39 is 10.0 Å². The highest BCUT2D eigenvalue weighted by Crippen LogP contribution is 2.42. The second-order valence-electron chi connectivity index (χ2n) is 9.20. The van der Waals surface area contributed by atoms with Crippen LogP contribution < -0.4 is 4.72 Å². The summed E-state index contributed by atoms with van der Waals surface area (Å²) in [5, 5.41) is 9.29. The van der Waals surface area contributed by atoms with Gasteiger partial charge in [-0.05, 0) is 56.5 Å². The van der Waals surface area contributed by atoms with Crippen LogP contribution in [0, 0.1) is 24.2 Å². The molecule has 3 fully saturated rings. The van der Waals surface area contributed by atoms with Gasteiger partial charge in [-0.2, -0.15) is 5.26 Å². The molecule has 0 radical (unpaired) electrons.